The molecule has 3 aromatic rings. The van der Waals surface area contributed by atoms with Gasteiger partial charge in [-0.2, -0.15) is 0 Å². The molecule has 1 heterocycles. The molecule has 1 aliphatic heterocycles. The summed E-state index contributed by atoms with van der Waals surface area (Å²) in [6.45, 7) is 1.98. The van der Waals surface area contributed by atoms with Gasteiger partial charge in [0.25, 0.3) is 0 Å². The van der Waals surface area contributed by atoms with Crippen LogP contribution in [0.2, 0.25) is 0 Å². The van der Waals surface area contributed by atoms with Crippen LogP contribution >= 0.6 is 0 Å². The fourth-order valence-corrected chi connectivity index (χ4v) is 6.43. The number of aliphatic carboxylic acids is 1. The molecule has 6 rings (SSSR count). The van der Waals surface area contributed by atoms with Gasteiger partial charge in [-0.3, -0.25) is 9.69 Å². The lowest BCUT2D eigenvalue weighted by Crippen LogP contribution is -2.69. The molecule has 0 radical (unpaired) electrons. The Morgan fingerprint density at radius 1 is 0.780 bits per heavy atom. The average molecular weight is 554 g/mol. The zero-order chi connectivity index (χ0) is 28.5. The SMILES string of the molecule is O=C(NC1(C(=O)NC2(C(=O)O)CCN(Cc3ccccc3)CC2)CCC1)OCC1c2ccccc2-c2ccccc21. The highest BCUT2D eigenvalue weighted by atomic mass is 16.5. The molecule has 0 aromatic heterocycles. The quantitative estimate of drug-likeness (QED) is 0.374. The molecule has 8 heteroatoms. The van der Waals surface area contributed by atoms with Crippen molar-refractivity contribution < 1.29 is 24.2 Å². The summed E-state index contributed by atoms with van der Waals surface area (Å²) >= 11 is 0. The predicted molar refractivity (Wildman–Crippen MR) is 154 cm³/mol. The minimum Gasteiger partial charge on any atom is -0.480 e. The van der Waals surface area contributed by atoms with Crippen LogP contribution in [0.15, 0.2) is 78.9 Å². The number of alkyl carbamates (subject to hydrolysis) is 1. The summed E-state index contributed by atoms with van der Waals surface area (Å²) in [6, 6.07) is 26.3. The first kappa shape index (κ1) is 27.0. The van der Waals surface area contributed by atoms with Crippen LogP contribution in [0.25, 0.3) is 11.1 Å². The van der Waals surface area contributed by atoms with Crippen molar-refractivity contribution in [3.8, 4) is 11.1 Å². The van der Waals surface area contributed by atoms with Gasteiger partial charge in [-0.15, -0.1) is 0 Å². The lowest BCUT2D eigenvalue weighted by atomic mass is 9.75. The van der Waals surface area contributed by atoms with E-state index in [9.17, 15) is 19.5 Å². The molecule has 0 bridgehead atoms. The Balaban J connectivity index is 1.08. The van der Waals surface area contributed by atoms with Gasteiger partial charge in [0.15, 0.2) is 0 Å². The number of nitrogens with zero attached hydrogens (tertiary/aromatic N) is 1. The van der Waals surface area contributed by atoms with Crippen LogP contribution in [0.5, 0.6) is 0 Å². The third kappa shape index (κ3) is 5.20. The van der Waals surface area contributed by atoms with Crippen molar-refractivity contribution in [1.29, 1.82) is 0 Å². The van der Waals surface area contributed by atoms with Crippen molar-refractivity contribution in [1.82, 2.24) is 15.5 Å². The molecule has 0 atom stereocenters. The van der Waals surface area contributed by atoms with Crippen molar-refractivity contribution in [2.45, 2.75) is 55.6 Å². The molecule has 2 aliphatic carbocycles. The van der Waals surface area contributed by atoms with Gasteiger partial charge in [0, 0.05) is 25.6 Å². The van der Waals surface area contributed by atoms with E-state index in [2.05, 4.69) is 51.9 Å². The van der Waals surface area contributed by atoms with E-state index < -0.39 is 29.0 Å². The van der Waals surface area contributed by atoms with Crippen LogP contribution in [-0.4, -0.2) is 58.8 Å². The number of carboxylic acids is 1. The topological polar surface area (TPSA) is 108 Å². The molecule has 3 N–H and O–H groups in total. The van der Waals surface area contributed by atoms with Crippen LogP contribution < -0.4 is 10.6 Å². The molecule has 2 fully saturated rings. The third-order valence-electron chi connectivity index (χ3n) is 9.05. The van der Waals surface area contributed by atoms with Crippen molar-refractivity contribution in [2.24, 2.45) is 0 Å². The molecule has 1 saturated carbocycles. The first-order chi connectivity index (χ1) is 19.9. The number of carbonyl (C=O) groups is 3. The standard InChI is InChI=1S/C33H35N3O5/c37-29(34-33(30(38)39)17-19-36(20-18-33)21-23-9-2-1-3-10-23)32(15-8-16-32)35-31(40)41-22-28-26-13-6-4-11-24(26)25-12-5-7-14-27(25)28/h1-7,9-14,28H,8,15-22H2,(H,34,37)(H,35,40)(H,38,39). The number of likely N-dealkylation sites (tertiary alicyclic amines) is 1. The highest BCUT2D eigenvalue weighted by Crippen LogP contribution is 2.44. The molecule has 1 saturated heterocycles. The number of fused-ring (bicyclic) bond motifs is 3. The molecule has 0 unspecified atom stereocenters. The summed E-state index contributed by atoms with van der Waals surface area (Å²) in [7, 11) is 0. The second-order valence-electron chi connectivity index (χ2n) is 11.5. The minimum atomic E-state index is -1.37. The van der Waals surface area contributed by atoms with Crippen LogP contribution in [0.1, 0.15) is 54.7 Å². The third-order valence-corrected chi connectivity index (χ3v) is 9.05. The summed E-state index contributed by atoms with van der Waals surface area (Å²) in [5, 5.41) is 15.8. The lowest BCUT2D eigenvalue weighted by Gasteiger charge is -2.45. The van der Waals surface area contributed by atoms with Crippen LogP contribution in [-0.2, 0) is 20.9 Å². The molecule has 3 aromatic carbocycles. The fourth-order valence-electron chi connectivity index (χ4n) is 6.43. The highest BCUT2D eigenvalue weighted by Gasteiger charge is 2.51. The summed E-state index contributed by atoms with van der Waals surface area (Å²) in [6.07, 6.45) is 1.58. The van der Waals surface area contributed by atoms with E-state index in [0.29, 0.717) is 38.8 Å². The van der Waals surface area contributed by atoms with Gasteiger partial charge in [-0.25, -0.2) is 9.59 Å². The monoisotopic (exact) mass is 553 g/mol. The van der Waals surface area contributed by atoms with Crippen LogP contribution in [0.3, 0.4) is 0 Å². The van der Waals surface area contributed by atoms with Gasteiger partial charge in [0.05, 0.1) is 0 Å². The fraction of sp³-hybridized carbons (Fsp3) is 0.364. The van der Waals surface area contributed by atoms with Gasteiger partial charge < -0.3 is 20.5 Å². The van der Waals surface area contributed by atoms with Gasteiger partial charge in [-0.1, -0.05) is 78.9 Å². The van der Waals surface area contributed by atoms with Crippen LogP contribution in [0.4, 0.5) is 4.79 Å². The Hall–Kier alpha value is -4.17. The van der Waals surface area contributed by atoms with Crippen molar-refractivity contribution in [2.75, 3.05) is 19.7 Å². The number of rotatable bonds is 8. The van der Waals surface area contributed by atoms with E-state index in [1.54, 1.807) is 0 Å². The van der Waals surface area contributed by atoms with Crippen molar-refractivity contribution in [3.63, 3.8) is 0 Å². The predicted octanol–water partition coefficient (Wildman–Crippen LogP) is 4.68. The summed E-state index contributed by atoms with van der Waals surface area (Å²) in [5.41, 5.74) is 3.14. The number of amides is 2. The Morgan fingerprint density at radius 3 is 1.93 bits per heavy atom. The molecule has 2 amide bonds. The second kappa shape index (κ2) is 11.0. The largest absolute Gasteiger partial charge is 0.480 e. The van der Waals surface area contributed by atoms with E-state index in [1.165, 1.54) is 5.56 Å². The first-order valence-electron chi connectivity index (χ1n) is 14.3. The van der Waals surface area contributed by atoms with E-state index in [1.807, 2.05) is 42.5 Å². The number of nitrogens with one attached hydrogen (secondary N) is 2. The molecule has 41 heavy (non-hydrogen) atoms. The molecule has 0 spiro atoms. The zero-order valence-corrected chi connectivity index (χ0v) is 23.0. The molecule has 212 valence electrons. The lowest BCUT2D eigenvalue weighted by molar-refractivity contribution is -0.152. The number of ether oxygens (including phenoxy) is 1. The highest BCUT2D eigenvalue weighted by molar-refractivity contribution is 5.95. The van der Waals surface area contributed by atoms with Crippen LogP contribution in [0, 0.1) is 0 Å². The van der Waals surface area contributed by atoms with E-state index in [4.69, 9.17) is 4.74 Å². The average Bonchev–Trinajstić information content (AvgIpc) is 3.29. The number of benzene rings is 3. The Bertz CT molecular complexity index is 1400. The van der Waals surface area contributed by atoms with E-state index in [0.717, 1.165) is 35.2 Å². The number of carbonyl (C=O) groups excluding carboxylic acids is 2. The maximum atomic E-state index is 13.6. The smallest absolute Gasteiger partial charge is 0.408 e. The van der Waals surface area contributed by atoms with Crippen molar-refractivity contribution >= 4 is 18.0 Å². The van der Waals surface area contributed by atoms with Gasteiger partial charge in [-0.05, 0) is 59.9 Å². The zero-order valence-electron chi connectivity index (χ0n) is 23.0. The number of piperidine rings is 1. The second-order valence-corrected chi connectivity index (χ2v) is 11.5. The minimum absolute atomic E-state index is 0.0873. The Morgan fingerprint density at radius 2 is 1.37 bits per heavy atom. The number of hydrogen-bond donors (Lipinski definition) is 3. The van der Waals surface area contributed by atoms with Gasteiger partial charge in [0.2, 0.25) is 5.91 Å². The summed E-state index contributed by atoms with van der Waals surface area (Å²) in [4.78, 5) is 41.2. The maximum absolute atomic E-state index is 13.6. The number of carboxylic acid groups (broad SMARTS) is 1. The molecule has 3 aliphatic rings. The Kier molecular flexibility index (Phi) is 7.26. The first-order valence-corrected chi connectivity index (χ1v) is 14.3. The summed E-state index contributed by atoms with van der Waals surface area (Å²) < 4.78 is 5.70. The van der Waals surface area contributed by atoms with E-state index in [-0.39, 0.29) is 12.5 Å². The van der Waals surface area contributed by atoms with Crippen molar-refractivity contribution in [3.05, 3.63) is 95.6 Å². The number of hydrogen-bond acceptors (Lipinski definition) is 5. The Labute approximate surface area is 239 Å². The van der Waals surface area contributed by atoms with Gasteiger partial charge in [0.1, 0.15) is 17.7 Å². The molecular weight excluding hydrogens is 518 g/mol. The normalized spacial score (nSPS) is 18.8. The summed E-state index contributed by atoms with van der Waals surface area (Å²) in [5.74, 6) is -1.58. The van der Waals surface area contributed by atoms with E-state index >= 15 is 0 Å². The van der Waals surface area contributed by atoms with Gasteiger partial charge >= 0.3 is 12.1 Å². The molecular formula is C33H35N3O5. The maximum Gasteiger partial charge on any atom is 0.408 e. The molecule has 8 nitrogen and oxygen atoms in total.